The smallest absolute Gasteiger partial charge is 0.169 e. The van der Waals surface area contributed by atoms with Gasteiger partial charge in [0.15, 0.2) is 5.78 Å². The van der Waals surface area contributed by atoms with Gasteiger partial charge in [-0.3, -0.25) is 4.79 Å². The molecule has 0 bridgehead atoms. The summed E-state index contributed by atoms with van der Waals surface area (Å²) < 4.78 is 0. The third-order valence-electron chi connectivity index (χ3n) is 1.08. The number of hydrogen-bond donors (Lipinski definition) is 0. The summed E-state index contributed by atoms with van der Waals surface area (Å²) in [5.41, 5.74) is 0.147. The van der Waals surface area contributed by atoms with E-state index in [-0.39, 0.29) is 16.8 Å². The SMILES string of the molecule is CC(=O)/C(C#N)=C/C(C)(C)C. The summed E-state index contributed by atoms with van der Waals surface area (Å²) in [5.74, 6) is -0.164. The summed E-state index contributed by atoms with van der Waals surface area (Å²) in [7, 11) is 0. The van der Waals surface area contributed by atoms with Gasteiger partial charge in [-0.25, -0.2) is 0 Å². The zero-order valence-electron chi connectivity index (χ0n) is 7.43. The maximum Gasteiger partial charge on any atom is 0.169 e. The molecule has 0 N–H and O–H groups in total. The van der Waals surface area contributed by atoms with E-state index in [1.54, 1.807) is 6.08 Å². The number of allylic oxidation sites excluding steroid dienone is 2. The van der Waals surface area contributed by atoms with Crippen molar-refractivity contribution in [3.63, 3.8) is 0 Å². The Kier molecular flexibility index (Phi) is 3.00. The van der Waals surface area contributed by atoms with Gasteiger partial charge in [0.1, 0.15) is 6.07 Å². The molecule has 0 fully saturated rings. The van der Waals surface area contributed by atoms with Crippen molar-refractivity contribution in [2.45, 2.75) is 27.7 Å². The number of ketones is 1. The molecule has 0 aromatic carbocycles. The van der Waals surface area contributed by atoms with Crippen LogP contribution in [-0.2, 0) is 4.79 Å². The summed E-state index contributed by atoms with van der Waals surface area (Å²) >= 11 is 0. The van der Waals surface area contributed by atoms with Gasteiger partial charge in [0.25, 0.3) is 0 Å². The average Bonchev–Trinajstić information content (AvgIpc) is 1.80. The molecule has 0 saturated carbocycles. The molecule has 0 aliphatic heterocycles. The third kappa shape index (κ3) is 4.32. The molecule has 0 radical (unpaired) electrons. The molecule has 2 heteroatoms. The molecule has 0 aromatic heterocycles. The van der Waals surface area contributed by atoms with E-state index in [9.17, 15) is 4.79 Å². The minimum atomic E-state index is -0.164. The van der Waals surface area contributed by atoms with Crippen LogP contribution in [0.4, 0.5) is 0 Å². The lowest BCUT2D eigenvalue weighted by atomic mass is 9.93. The lowest BCUT2D eigenvalue weighted by molar-refractivity contribution is -0.113. The Hall–Kier alpha value is -1.10. The molecule has 0 saturated heterocycles. The summed E-state index contributed by atoms with van der Waals surface area (Å²) in [6, 6.07) is 1.87. The predicted molar refractivity (Wildman–Crippen MR) is 43.8 cm³/mol. The standard InChI is InChI=1S/C9H13NO/c1-7(11)8(6-10)5-9(2,3)4/h5H,1-4H3/b8-5+. The molecule has 0 heterocycles. The summed E-state index contributed by atoms with van der Waals surface area (Å²) in [4.78, 5) is 10.8. The van der Waals surface area contributed by atoms with E-state index in [4.69, 9.17) is 5.26 Å². The molecule has 0 atom stereocenters. The van der Waals surface area contributed by atoms with E-state index >= 15 is 0 Å². The second-order valence-corrected chi connectivity index (χ2v) is 3.59. The van der Waals surface area contributed by atoms with Crippen molar-refractivity contribution in [1.29, 1.82) is 5.26 Å². The number of carbonyl (C=O) groups is 1. The Balaban J connectivity index is 4.68. The first-order valence-corrected chi connectivity index (χ1v) is 3.51. The Morgan fingerprint density at radius 1 is 1.45 bits per heavy atom. The van der Waals surface area contributed by atoms with Gasteiger partial charge in [0, 0.05) is 0 Å². The van der Waals surface area contributed by atoms with Crippen molar-refractivity contribution in [3.8, 4) is 6.07 Å². The number of nitriles is 1. The Morgan fingerprint density at radius 3 is 2.00 bits per heavy atom. The summed E-state index contributed by atoms with van der Waals surface area (Å²) in [6.07, 6.45) is 1.69. The molecule has 0 aromatic rings. The van der Waals surface area contributed by atoms with Gasteiger partial charge in [-0.2, -0.15) is 5.26 Å². The maximum absolute atomic E-state index is 10.8. The molecule has 0 rings (SSSR count). The van der Waals surface area contributed by atoms with Crippen molar-refractivity contribution in [1.82, 2.24) is 0 Å². The van der Waals surface area contributed by atoms with Gasteiger partial charge in [-0.15, -0.1) is 0 Å². The Morgan fingerprint density at radius 2 is 1.91 bits per heavy atom. The van der Waals surface area contributed by atoms with E-state index in [2.05, 4.69) is 0 Å². The van der Waals surface area contributed by atoms with Gasteiger partial charge in [-0.05, 0) is 12.3 Å². The Labute approximate surface area is 67.5 Å². The van der Waals surface area contributed by atoms with Crippen LogP contribution in [0.25, 0.3) is 0 Å². The fourth-order valence-electron chi connectivity index (χ4n) is 0.646. The van der Waals surface area contributed by atoms with Crippen molar-refractivity contribution in [3.05, 3.63) is 11.6 Å². The molecular weight excluding hydrogens is 138 g/mol. The predicted octanol–water partition coefficient (Wildman–Crippen LogP) is 2.07. The first-order chi connectivity index (χ1) is 4.87. The van der Waals surface area contributed by atoms with E-state index in [0.29, 0.717) is 0 Å². The van der Waals surface area contributed by atoms with Crippen LogP contribution in [0.2, 0.25) is 0 Å². The van der Waals surface area contributed by atoms with Gasteiger partial charge >= 0.3 is 0 Å². The Bertz CT molecular complexity index is 225. The van der Waals surface area contributed by atoms with Crippen LogP contribution in [0.1, 0.15) is 27.7 Å². The van der Waals surface area contributed by atoms with Crippen molar-refractivity contribution < 1.29 is 4.79 Å². The minimum absolute atomic E-state index is 0.100. The highest BCUT2D eigenvalue weighted by Crippen LogP contribution is 2.17. The van der Waals surface area contributed by atoms with E-state index < -0.39 is 0 Å². The van der Waals surface area contributed by atoms with Crippen molar-refractivity contribution in [2.24, 2.45) is 5.41 Å². The molecule has 0 amide bonds. The molecular formula is C9H13NO. The van der Waals surface area contributed by atoms with Gasteiger partial charge < -0.3 is 0 Å². The highest BCUT2D eigenvalue weighted by atomic mass is 16.1. The third-order valence-corrected chi connectivity index (χ3v) is 1.08. The lowest BCUT2D eigenvalue weighted by Gasteiger charge is -2.11. The normalized spacial score (nSPS) is 12.5. The first kappa shape index (κ1) is 9.90. The molecule has 0 aliphatic rings. The summed E-state index contributed by atoms with van der Waals surface area (Å²) in [5, 5.41) is 8.52. The van der Waals surface area contributed by atoms with Crippen LogP contribution < -0.4 is 0 Å². The first-order valence-electron chi connectivity index (χ1n) is 3.51. The van der Waals surface area contributed by atoms with Gasteiger partial charge in [0.05, 0.1) is 5.57 Å². The lowest BCUT2D eigenvalue weighted by Crippen LogP contribution is -2.04. The van der Waals surface area contributed by atoms with Crippen molar-refractivity contribution in [2.75, 3.05) is 0 Å². The minimum Gasteiger partial charge on any atom is -0.294 e. The van der Waals surface area contributed by atoms with Crippen LogP contribution in [0.3, 0.4) is 0 Å². The van der Waals surface area contributed by atoms with E-state index in [1.165, 1.54) is 6.92 Å². The van der Waals surface area contributed by atoms with Crippen LogP contribution in [0, 0.1) is 16.7 Å². The fraction of sp³-hybridized carbons (Fsp3) is 0.556. The highest BCUT2D eigenvalue weighted by Gasteiger charge is 2.10. The quantitative estimate of drug-likeness (QED) is 0.425. The second-order valence-electron chi connectivity index (χ2n) is 3.59. The van der Waals surface area contributed by atoms with E-state index in [1.807, 2.05) is 26.8 Å². The molecule has 0 aliphatic carbocycles. The van der Waals surface area contributed by atoms with Crippen molar-refractivity contribution >= 4 is 5.78 Å². The monoisotopic (exact) mass is 151 g/mol. The fourth-order valence-corrected chi connectivity index (χ4v) is 0.646. The molecule has 2 nitrogen and oxygen atoms in total. The summed E-state index contributed by atoms with van der Waals surface area (Å²) in [6.45, 7) is 7.26. The largest absolute Gasteiger partial charge is 0.294 e. The van der Waals surface area contributed by atoms with Gasteiger partial charge in [-0.1, -0.05) is 26.8 Å². The number of rotatable bonds is 1. The zero-order chi connectivity index (χ0) is 9.07. The van der Waals surface area contributed by atoms with Gasteiger partial charge in [0.2, 0.25) is 0 Å². The molecule has 11 heavy (non-hydrogen) atoms. The van der Waals surface area contributed by atoms with Crippen LogP contribution in [0.15, 0.2) is 11.6 Å². The number of Topliss-reactive ketones (excluding diaryl/α,β-unsaturated/α-hetero) is 1. The average molecular weight is 151 g/mol. The van der Waals surface area contributed by atoms with Crippen LogP contribution in [0.5, 0.6) is 0 Å². The topological polar surface area (TPSA) is 40.9 Å². The number of nitrogens with zero attached hydrogens (tertiary/aromatic N) is 1. The van der Waals surface area contributed by atoms with Crippen LogP contribution >= 0.6 is 0 Å². The highest BCUT2D eigenvalue weighted by molar-refractivity contribution is 5.97. The maximum atomic E-state index is 10.8. The molecule has 60 valence electrons. The second kappa shape index (κ2) is 3.34. The molecule has 0 unspecified atom stereocenters. The molecule has 0 spiro atoms. The van der Waals surface area contributed by atoms with Crippen LogP contribution in [-0.4, -0.2) is 5.78 Å². The zero-order valence-corrected chi connectivity index (χ0v) is 7.43. The number of hydrogen-bond acceptors (Lipinski definition) is 2. The van der Waals surface area contributed by atoms with E-state index in [0.717, 1.165) is 0 Å². The number of carbonyl (C=O) groups excluding carboxylic acids is 1.